The molecule has 0 radical (unpaired) electrons. The second-order valence-corrected chi connectivity index (χ2v) is 4.44. The summed E-state index contributed by atoms with van der Waals surface area (Å²) in [6, 6.07) is 3.83. The molecule has 0 saturated heterocycles. The van der Waals surface area contributed by atoms with Gasteiger partial charge in [-0.1, -0.05) is 0 Å². The van der Waals surface area contributed by atoms with E-state index in [-0.39, 0.29) is 17.1 Å². The van der Waals surface area contributed by atoms with E-state index in [1.54, 1.807) is 7.05 Å². The number of amides is 2. The van der Waals surface area contributed by atoms with E-state index in [1.807, 2.05) is 0 Å². The number of anilines is 3. The van der Waals surface area contributed by atoms with Crippen LogP contribution in [0.3, 0.4) is 0 Å². The van der Waals surface area contributed by atoms with Crippen molar-refractivity contribution in [3.8, 4) is 0 Å². The number of aryl methyl sites for hydroxylation is 1. The first-order valence-electron chi connectivity index (χ1n) is 6.04. The lowest BCUT2D eigenvalue weighted by atomic mass is 10.2. The summed E-state index contributed by atoms with van der Waals surface area (Å²) in [5, 5.41) is 8.80. The van der Waals surface area contributed by atoms with Crippen LogP contribution < -0.4 is 16.4 Å². The monoisotopic (exact) mass is 291 g/mol. The number of carbonyl (C=O) groups is 2. The molecule has 0 atom stereocenters. The summed E-state index contributed by atoms with van der Waals surface area (Å²) in [5.74, 6) is -1.53. The molecular formula is C13H14FN5O2. The lowest BCUT2D eigenvalue weighted by molar-refractivity contribution is -0.114. The number of rotatable bonds is 3. The first-order chi connectivity index (χ1) is 9.86. The second kappa shape index (κ2) is 5.61. The van der Waals surface area contributed by atoms with Crippen LogP contribution in [0.1, 0.15) is 17.4 Å². The van der Waals surface area contributed by atoms with Gasteiger partial charge in [0.25, 0.3) is 5.91 Å². The van der Waals surface area contributed by atoms with Crippen LogP contribution in [0.25, 0.3) is 0 Å². The third kappa shape index (κ3) is 3.35. The lowest BCUT2D eigenvalue weighted by Gasteiger charge is -2.08. The number of hydrogen-bond acceptors (Lipinski definition) is 4. The van der Waals surface area contributed by atoms with E-state index in [2.05, 4.69) is 15.7 Å². The predicted octanol–water partition coefficient (Wildman–Crippen LogP) is 1.35. The van der Waals surface area contributed by atoms with Crippen molar-refractivity contribution in [2.75, 3.05) is 16.4 Å². The van der Waals surface area contributed by atoms with Gasteiger partial charge in [-0.2, -0.15) is 5.10 Å². The topological polar surface area (TPSA) is 102 Å². The predicted molar refractivity (Wildman–Crippen MR) is 76.3 cm³/mol. The zero-order valence-corrected chi connectivity index (χ0v) is 11.5. The Morgan fingerprint density at radius 2 is 2.05 bits per heavy atom. The number of nitrogens with zero attached hydrogens (tertiary/aromatic N) is 2. The molecule has 2 rings (SSSR count). The molecule has 0 saturated carbocycles. The summed E-state index contributed by atoms with van der Waals surface area (Å²) < 4.78 is 14.9. The van der Waals surface area contributed by atoms with Crippen LogP contribution in [-0.2, 0) is 11.8 Å². The molecule has 110 valence electrons. The van der Waals surface area contributed by atoms with Crippen LogP contribution in [-0.4, -0.2) is 21.6 Å². The molecule has 7 nitrogen and oxygen atoms in total. The van der Waals surface area contributed by atoms with Crippen LogP contribution in [0.2, 0.25) is 0 Å². The average molecular weight is 291 g/mol. The highest BCUT2D eigenvalue weighted by molar-refractivity contribution is 6.06. The van der Waals surface area contributed by atoms with Crippen molar-refractivity contribution in [3.05, 3.63) is 35.9 Å². The highest BCUT2D eigenvalue weighted by Crippen LogP contribution is 2.20. The maximum atomic E-state index is 13.5. The van der Waals surface area contributed by atoms with E-state index in [0.717, 1.165) is 6.07 Å². The fraction of sp³-hybridized carbons (Fsp3) is 0.154. The van der Waals surface area contributed by atoms with Gasteiger partial charge >= 0.3 is 0 Å². The van der Waals surface area contributed by atoms with Crippen LogP contribution in [0.4, 0.5) is 21.5 Å². The van der Waals surface area contributed by atoms with Gasteiger partial charge in [0.15, 0.2) is 5.69 Å². The lowest BCUT2D eigenvalue weighted by Crippen LogP contribution is -2.15. The van der Waals surface area contributed by atoms with Gasteiger partial charge in [0.05, 0.1) is 11.4 Å². The summed E-state index contributed by atoms with van der Waals surface area (Å²) in [6.45, 7) is 1.26. The Morgan fingerprint density at radius 1 is 1.33 bits per heavy atom. The minimum absolute atomic E-state index is 0.0192. The molecule has 4 N–H and O–H groups in total. The average Bonchev–Trinajstić information content (AvgIpc) is 2.72. The first-order valence-corrected chi connectivity index (χ1v) is 6.04. The van der Waals surface area contributed by atoms with Gasteiger partial charge in [-0.25, -0.2) is 4.39 Å². The molecule has 2 amide bonds. The van der Waals surface area contributed by atoms with Gasteiger partial charge in [0.1, 0.15) is 5.82 Å². The Balaban J connectivity index is 2.21. The smallest absolute Gasteiger partial charge is 0.278 e. The van der Waals surface area contributed by atoms with E-state index in [1.165, 1.54) is 29.9 Å². The highest BCUT2D eigenvalue weighted by atomic mass is 19.1. The Kier molecular flexibility index (Phi) is 3.88. The van der Waals surface area contributed by atoms with Crippen molar-refractivity contribution >= 4 is 28.9 Å². The van der Waals surface area contributed by atoms with Crippen LogP contribution in [0.15, 0.2) is 24.4 Å². The van der Waals surface area contributed by atoms with Crippen molar-refractivity contribution < 1.29 is 14.0 Å². The number of aromatic nitrogens is 2. The third-order valence-corrected chi connectivity index (χ3v) is 2.61. The van der Waals surface area contributed by atoms with Gasteiger partial charge in [0, 0.05) is 25.9 Å². The summed E-state index contributed by atoms with van der Waals surface area (Å²) in [6.07, 6.45) is 1.50. The minimum atomic E-state index is -0.597. The summed E-state index contributed by atoms with van der Waals surface area (Å²) >= 11 is 0. The molecule has 0 aliphatic heterocycles. The Labute approximate surface area is 119 Å². The van der Waals surface area contributed by atoms with Gasteiger partial charge in [0.2, 0.25) is 5.91 Å². The molecule has 0 aliphatic carbocycles. The number of halogens is 1. The second-order valence-electron chi connectivity index (χ2n) is 4.44. The SMILES string of the molecule is CC(=O)Nc1cc(NC(=O)c2nn(C)cc2N)ccc1F. The van der Waals surface area contributed by atoms with Crippen molar-refractivity contribution in [1.29, 1.82) is 0 Å². The van der Waals surface area contributed by atoms with E-state index < -0.39 is 17.6 Å². The molecule has 0 aliphatic rings. The number of hydrogen-bond donors (Lipinski definition) is 3. The Morgan fingerprint density at radius 3 is 2.62 bits per heavy atom. The zero-order valence-electron chi connectivity index (χ0n) is 11.5. The highest BCUT2D eigenvalue weighted by Gasteiger charge is 2.15. The molecule has 0 unspecified atom stereocenters. The fourth-order valence-electron chi connectivity index (χ4n) is 1.76. The molecule has 1 aromatic carbocycles. The molecule has 1 aromatic heterocycles. The summed E-state index contributed by atoms with van der Waals surface area (Å²) in [4.78, 5) is 23.0. The molecule has 2 aromatic rings. The number of nitrogens with one attached hydrogen (secondary N) is 2. The molecule has 0 fully saturated rings. The van der Waals surface area contributed by atoms with Gasteiger partial charge in [-0.15, -0.1) is 0 Å². The minimum Gasteiger partial charge on any atom is -0.396 e. The van der Waals surface area contributed by atoms with Crippen molar-refractivity contribution in [1.82, 2.24) is 9.78 Å². The zero-order chi connectivity index (χ0) is 15.6. The maximum absolute atomic E-state index is 13.5. The molecule has 21 heavy (non-hydrogen) atoms. The van der Waals surface area contributed by atoms with Crippen LogP contribution in [0.5, 0.6) is 0 Å². The molecule has 0 spiro atoms. The quantitative estimate of drug-likeness (QED) is 0.794. The van der Waals surface area contributed by atoms with Crippen LogP contribution in [0, 0.1) is 5.82 Å². The standard InChI is InChI=1S/C13H14FN5O2/c1-7(20)16-11-5-8(3-4-9(11)14)17-13(21)12-10(15)6-19(2)18-12/h3-6H,15H2,1-2H3,(H,16,20)(H,17,21). The number of nitrogens with two attached hydrogens (primary N) is 1. The van der Waals surface area contributed by atoms with Crippen molar-refractivity contribution in [3.63, 3.8) is 0 Å². The maximum Gasteiger partial charge on any atom is 0.278 e. The van der Waals surface area contributed by atoms with E-state index in [0.29, 0.717) is 5.69 Å². The first kappa shape index (κ1) is 14.5. The van der Waals surface area contributed by atoms with Crippen molar-refractivity contribution in [2.45, 2.75) is 6.92 Å². The molecule has 8 heteroatoms. The number of carbonyl (C=O) groups excluding carboxylic acids is 2. The molecule has 1 heterocycles. The van der Waals surface area contributed by atoms with Crippen molar-refractivity contribution in [2.24, 2.45) is 7.05 Å². The normalized spacial score (nSPS) is 10.2. The van der Waals surface area contributed by atoms with E-state index in [4.69, 9.17) is 5.73 Å². The molecular weight excluding hydrogens is 277 g/mol. The fourth-order valence-corrected chi connectivity index (χ4v) is 1.76. The summed E-state index contributed by atoms with van der Waals surface area (Å²) in [5.41, 5.74) is 6.26. The van der Waals surface area contributed by atoms with Gasteiger partial charge in [-0.3, -0.25) is 14.3 Å². The number of benzene rings is 1. The molecule has 0 bridgehead atoms. The van der Waals surface area contributed by atoms with E-state index >= 15 is 0 Å². The largest absolute Gasteiger partial charge is 0.396 e. The Hall–Kier alpha value is -2.90. The van der Waals surface area contributed by atoms with Gasteiger partial charge < -0.3 is 16.4 Å². The van der Waals surface area contributed by atoms with Gasteiger partial charge in [-0.05, 0) is 18.2 Å². The third-order valence-electron chi connectivity index (χ3n) is 2.61. The number of nitrogen functional groups attached to an aromatic ring is 1. The Bertz CT molecular complexity index is 711. The van der Waals surface area contributed by atoms with Crippen LogP contribution >= 0.6 is 0 Å². The van der Waals surface area contributed by atoms with E-state index in [9.17, 15) is 14.0 Å². The summed E-state index contributed by atoms with van der Waals surface area (Å²) in [7, 11) is 1.64.